The highest BCUT2D eigenvalue weighted by molar-refractivity contribution is 14.0. The Morgan fingerprint density at radius 3 is 2.21 bits per heavy atom. The molecule has 158 valence electrons. The summed E-state index contributed by atoms with van der Waals surface area (Å²) in [6, 6.07) is 15.0. The van der Waals surface area contributed by atoms with Crippen LogP contribution in [0.3, 0.4) is 0 Å². The molecule has 0 saturated heterocycles. The second-order valence-corrected chi connectivity index (χ2v) is 5.97. The average Bonchev–Trinajstić information content (AvgIpc) is 2.75. The second-order valence-electron chi connectivity index (χ2n) is 5.97. The van der Waals surface area contributed by atoms with Crippen LogP contribution in [0.5, 0.6) is 11.5 Å². The minimum absolute atomic E-state index is 0. The van der Waals surface area contributed by atoms with E-state index in [2.05, 4.69) is 20.9 Å². The van der Waals surface area contributed by atoms with Gasteiger partial charge < -0.3 is 25.4 Å². The molecular weight excluding hydrogens is 483 g/mol. The van der Waals surface area contributed by atoms with E-state index in [4.69, 9.17) is 9.47 Å². The minimum atomic E-state index is -0.122. The summed E-state index contributed by atoms with van der Waals surface area (Å²) in [6.45, 7) is 1.77. The van der Waals surface area contributed by atoms with Crippen molar-refractivity contribution < 1.29 is 14.3 Å². The van der Waals surface area contributed by atoms with Crippen molar-refractivity contribution in [3.8, 4) is 11.5 Å². The average molecular weight is 512 g/mol. The van der Waals surface area contributed by atoms with Crippen molar-refractivity contribution in [1.82, 2.24) is 16.0 Å². The van der Waals surface area contributed by atoms with Crippen molar-refractivity contribution in [3.05, 3.63) is 59.7 Å². The molecule has 8 heteroatoms. The van der Waals surface area contributed by atoms with Crippen molar-refractivity contribution >= 4 is 35.8 Å². The zero-order chi connectivity index (χ0) is 20.2. The van der Waals surface area contributed by atoms with Gasteiger partial charge in [0, 0.05) is 32.2 Å². The maximum Gasteiger partial charge on any atom is 0.251 e. The van der Waals surface area contributed by atoms with Crippen LogP contribution in [0.4, 0.5) is 0 Å². The van der Waals surface area contributed by atoms with E-state index in [9.17, 15) is 4.79 Å². The van der Waals surface area contributed by atoms with E-state index in [1.165, 1.54) is 0 Å². The van der Waals surface area contributed by atoms with Gasteiger partial charge in [0.05, 0.1) is 14.2 Å². The van der Waals surface area contributed by atoms with Gasteiger partial charge >= 0.3 is 0 Å². The van der Waals surface area contributed by atoms with Gasteiger partial charge in [0.2, 0.25) is 0 Å². The van der Waals surface area contributed by atoms with E-state index in [1.54, 1.807) is 45.5 Å². The number of guanidine groups is 1. The highest BCUT2D eigenvalue weighted by atomic mass is 127. The van der Waals surface area contributed by atoms with Crippen LogP contribution in [-0.2, 0) is 6.42 Å². The van der Waals surface area contributed by atoms with Crippen LogP contribution in [0.2, 0.25) is 0 Å². The molecular formula is C21H29IN4O3. The van der Waals surface area contributed by atoms with Gasteiger partial charge in [0.15, 0.2) is 5.96 Å². The standard InChI is InChI=1S/C21H28N4O3.HI/c1-22-21(24-13-12-16-6-4-5-7-19(16)28-3)25-15-14-23-20(26)17-8-10-18(27-2)11-9-17;/h4-11H,12-15H2,1-3H3,(H,23,26)(H2,22,24,25);1H. The van der Waals surface area contributed by atoms with Gasteiger partial charge in [0.1, 0.15) is 11.5 Å². The molecule has 2 rings (SSSR count). The van der Waals surface area contributed by atoms with Crippen molar-refractivity contribution in [2.45, 2.75) is 6.42 Å². The Kier molecular flexibility index (Phi) is 11.6. The predicted molar refractivity (Wildman–Crippen MR) is 127 cm³/mol. The molecule has 0 saturated carbocycles. The summed E-state index contributed by atoms with van der Waals surface area (Å²) in [5, 5.41) is 9.31. The van der Waals surface area contributed by atoms with Crippen LogP contribution in [0.25, 0.3) is 0 Å². The number of para-hydroxylation sites is 1. The van der Waals surface area contributed by atoms with Crippen molar-refractivity contribution in [1.29, 1.82) is 0 Å². The number of halogens is 1. The maximum atomic E-state index is 12.1. The fourth-order valence-electron chi connectivity index (χ4n) is 2.65. The largest absolute Gasteiger partial charge is 0.497 e. The molecule has 0 atom stereocenters. The Morgan fingerprint density at radius 2 is 1.55 bits per heavy atom. The molecule has 29 heavy (non-hydrogen) atoms. The fourth-order valence-corrected chi connectivity index (χ4v) is 2.65. The second kappa shape index (κ2) is 13.6. The Morgan fingerprint density at radius 1 is 0.897 bits per heavy atom. The molecule has 2 aromatic rings. The number of benzene rings is 2. The van der Waals surface area contributed by atoms with Gasteiger partial charge in [-0.3, -0.25) is 9.79 Å². The third-order valence-electron chi connectivity index (χ3n) is 4.16. The lowest BCUT2D eigenvalue weighted by atomic mass is 10.1. The number of amides is 1. The lowest BCUT2D eigenvalue weighted by molar-refractivity contribution is 0.0954. The highest BCUT2D eigenvalue weighted by Crippen LogP contribution is 2.17. The zero-order valence-corrected chi connectivity index (χ0v) is 19.4. The first kappa shape index (κ1) is 24.5. The summed E-state index contributed by atoms with van der Waals surface area (Å²) in [5.41, 5.74) is 1.74. The van der Waals surface area contributed by atoms with E-state index in [1.807, 2.05) is 24.3 Å². The van der Waals surface area contributed by atoms with Crippen LogP contribution >= 0.6 is 24.0 Å². The third-order valence-corrected chi connectivity index (χ3v) is 4.16. The lowest BCUT2D eigenvalue weighted by Gasteiger charge is -2.13. The van der Waals surface area contributed by atoms with E-state index in [0.29, 0.717) is 24.6 Å². The molecule has 0 aromatic heterocycles. The fraction of sp³-hybridized carbons (Fsp3) is 0.333. The Labute approximate surface area is 189 Å². The molecule has 0 fully saturated rings. The number of nitrogens with zero attached hydrogens (tertiary/aromatic N) is 1. The maximum absolute atomic E-state index is 12.1. The van der Waals surface area contributed by atoms with Crippen molar-refractivity contribution in [2.24, 2.45) is 4.99 Å². The number of carbonyl (C=O) groups is 1. The summed E-state index contributed by atoms with van der Waals surface area (Å²) < 4.78 is 10.5. The Balaban J connectivity index is 0.00000420. The van der Waals surface area contributed by atoms with E-state index in [-0.39, 0.29) is 29.9 Å². The van der Waals surface area contributed by atoms with Gasteiger partial charge in [-0.25, -0.2) is 0 Å². The van der Waals surface area contributed by atoms with Crippen LogP contribution in [0, 0.1) is 0 Å². The first-order valence-corrected chi connectivity index (χ1v) is 9.16. The normalized spacial score (nSPS) is 10.5. The van der Waals surface area contributed by atoms with E-state index < -0.39 is 0 Å². The predicted octanol–water partition coefficient (Wildman–Crippen LogP) is 2.46. The summed E-state index contributed by atoms with van der Waals surface area (Å²) in [4.78, 5) is 16.3. The number of ether oxygens (including phenoxy) is 2. The molecule has 0 unspecified atom stereocenters. The molecule has 3 N–H and O–H groups in total. The third kappa shape index (κ3) is 8.18. The molecule has 7 nitrogen and oxygen atoms in total. The van der Waals surface area contributed by atoms with Crippen LogP contribution in [0.1, 0.15) is 15.9 Å². The first-order chi connectivity index (χ1) is 13.7. The first-order valence-electron chi connectivity index (χ1n) is 9.16. The van der Waals surface area contributed by atoms with Gasteiger partial charge in [-0.15, -0.1) is 24.0 Å². The summed E-state index contributed by atoms with van der Waals surface area (Å²) in [7, 11) is 4.99. The van der Waals surface area contributed by atoms with Crippen LogP contribution in [-0.4, -0.2) is 52.8 Å². The number of nitrogens with one attached hydrogen (secondary N) is 3. The molecule has 2 aromatic carbocycles. The van der Waals surface area contributed by atoms with Crippen molar-refractivity contribution in [3.63, 3.8) is 0 Å². The van der Waals surface area contributed by atoms with Crippen molar-refractivity contribution in [2.75, 3.05) is 40.9 Å². The molecule has 0 aliphatic carbocycles. The number of methoxy groups -OCH3 is 2. The minimum Gasteiger partial charge on any atom is -0.497 e. The van der Waals surface area contributed by atoms with Crippen LogP contribution in [0.15, 0.2) is 53.5 Å². The summed E-state index contributed by atoms with van der Waals surface area (Å²) in [5.74, 6) is 2.17. The SMILES string of the molecule is CN=C(NCCNC(=O)c1ccc(OC)cc1)NCCc1ccccc1OC.I. The number of hydrogen-bond donors (Lipinski definition) is 3. The zero-order valence-electron chi connectivity index (χ0n) is 17.0. The Hall–Kier alpha value is -2.49. The molecule has 0 radical (unpaired) electrons. The quantitative estimate of drug-likeness (QED) is 0.208. The van der Waals surface area contributed by atoms with E-state index in [0.717, 1.165) is 30.0 Å². The molecule has 0 heterocycles. The van der Waals surface area contributed by atoms with Gasteiger partial charge in [-0.2, -0.15) is 0 Å². The topological polar surface area (TPSA) is 84.0 Å². The molecule has 0 aliphatic heterocycles. The monoisotopic (exact) mass is 512 g/mol. The van der Waals surface area contributed by atoms with Gasteiger partial charge in [0.25, 0.3) is 5.91 Å². The molecule has 1 amide bonds. The highest BCUT2D eigenvalue weighted by Gasteiger charge is 2.05. The summed E-state index contributed by atoms with van der Waals surface area (Å²) >= 11 is 0. The lowest BCUT2D eigenvalue weighted by Crippen LogP contribution is -2.42. The number of aliphatic imine (C=N–C) groups is 1. The molecule has 0 bridgehead atoms. The molecule has 0 aliphatic rings. The van der Waals surface area contributed by atoms with E-state index >= 15 is 0 Å². The molecule has 0 spiro atoms. The van der Waals surface area contributed by atoms with Gasteiger partial charge in [-0.1, -0.05) is 18.2 Å². The van der Waals surface area contributed by atoms with Gasteiger partial charge in [-0.05, 0) is 42.3 Å². The number of rotatable bonds is 9. The number of carbonyl (C=O) groups excluding carboxylic acids is 1. The smallest absolute Gasteiger partial charge is 0.251 e. The number of hydrogen-bond acceptors (Lipinski definition) is 4. The Bertz CT molecular complexity index is 782. The summed E-state index contributed by atoms with van der Waals surface area (Å²) in [6.07, 6.45) is 0.818. The van der Waals surface area contributed by atoms with Crippen LogP contribution < -0.4 is 25.4 Å².